The summed E-state index contributed by atoms with van der Waals surface area (Å²) in [4.78, 5) is 14.3. The van der Waals surface area contributed by atoms with Crippen LogP contribution in [0.3, 0.4) is 0 Å². The average molecular weight is 236 g/mol. The summed E-state index contributed by atoms with van der Waals surface area (Å²) in [5.41, 5.74) is 1.78. The van der Waals surface area contributed by atoms with Crippen LogP contribution in [0.4, 0.5) is 0 Å². The van der Waals surface area contributed by atoms with Crippen LogP contribution in [0.2, 0.25) is 0 Å². The van der Waals surface area contributed by atoms with E-state index in [1.807, 2.05) is 30.3 Å². The highest BCUT2D eigenvalue weighted by atomic mass is 35.5. The average Bonchev–Trinajstić information content (AvgIpc) is 2.35. The molecule has 1 heterocycles. The van der Waals surface area contributed by atoms with Crippen molar-refractivity contribution in [2.45, 2.75) is 5.38 Å². The molecule has 1 unspecified atom stereocenters. The van der Waals surface area contributed by atoms with Gasteiger partial charge in [0, 0.05) is 11.6 Å². The van der Waals surface area contributed by atoms with Gasteiger partial charge in [-0.2, -0.15) is 0 Å². The zero-order valence-electron chi connectivity index (χ0n) is 8.47. The van der Waals surface area contributed by atoms with Crippen LogP contribution in [0, 0.1) is 0 Å². The highest BCUT2D eigenvalue weighted by molar-refractivity contribution is 6.21. The van der Waals surface area contributed by atoms with E-state index >= 15 is 0 Å². The standard InChI is InChI=1S/C12H10ClNO2/c13-11(7-16-8-15)10-4-3-9-2-1-5-14-12(9)6-10/h1-6,8,11H,7H2. The normalized spacial score (nSPS) is 12.3. The summed E-state index contributed by atoms with van der Waals surface area (Å²) in [5, 5.41) is 0.725. The molecule has 0 aliphatic heterocycles. The maximum Gasteiger partial charge on any atom is 0.293 e. The number of fused-ring (bicyclic) bond motifs is 1. The highest BCUT2D eigenvalue weighted by Gasteiger charge is 2.08. The fourth-order valence-corrected chi connectivity index (χ4v) is 1.71. The predicted molar refractivity (Wildman–Crippen MR) is 62.4 cm³/mol. The Morgan fingerprint density at radius 3 is 3.12 bits per heavy atom. The number of halogens is 1. The SMILES string of the molecule is O=COCC(Cl)c1ccc2cccnc2c1. The van der Waals surface area contributed by atoms with Crippen molar-refractivity contribution < 1.29 is 9.53 Å². The van der Waals surface area contributed by atoms with Crippen molar-refractivity contribution in [2.75, 3.05) is 6.61 Å². The quantitative estimate of drug-likeness (QED) is 0.604. The zero-order chi connectivity index (χ0) is 11.4. The number of carbonyl (C=O) groups is 1. The molecule has 1 aromatic carbocycles. The van der Waals surface area contributed by atoms with Crippen molar-refractivity contribution in [1.82, 2.24) is 4.98 Å². The van der Waals surface area contributed by atoms with Gasteiger partial charge in [-0.3, -0.25) is 9.78 Å². The highest BCUT2D eigenvalue weighted by Crippen LogP contribution is 2.23. The lowest BCUT2D eigenvalue weighted by Gasteiger charge is -2.08. The van der Waals surface area contributed by atoms with Gasteiger partial charge in [-0.15, -0.1) is 11.6 Å². The molecule has 1 atom stereocenters. The molecule has 2 rings (SSSR count). The predicted octanol–water partition coefficient (Wildman–Crippen LogP) is 2.69. The Bertz CT molecular complexity index is 501. The smallest absolute Gasteiger partial charge is 0.293 e. The Labute approximate surface area is 98.0 Å². The number of alkyl halides is 1. The second-order valence-electron chi connectivity index (χ2n) is 3.35. The third kappa shape index (κ3) is 2.31. The molecule has 4 heteroatoms. The van der Waals surface area contributed by atoms with Crippen LogP contribution < -0.4 is 0 Å². The lowest BCUT2D eigenvalue weighted by atomic mass is 10.1. The monoisotopic (exact) mass is 235 g/mol. The molecular formula is C12H10ClNO2. The van der Waals surface area contributed by atoms with Crippen LogP contribution in [0.25, 0.3) is 10.9 Å². The van der Waals surface area contributed by atoms with Crippen molar-refractivity contribution in [1.29, 1.82) is 0 Å². The molecule has 0 aliphatic rings. The van der Waals surface area contributed by atoms with E-state index in [1.54, 1.807) is 6.20 Å². The summed E-state index contributed by atoms with van der Waals surface area (Å²) in [6.07, 6.45) is 1.73. The molecule has 0 saturated heterocycles. The summed E-state index contributed by atoms with van der Waals surface area (Å²) in [5.74, 6) is 0. The summed E-state index contributed by atoms with van der Waals surface area (Å²) in [6.45, 7) is 0.568. The van der Waals surface area contributed by atoms with Gasteiger partial charge < -0.3 is 4.74 Å². The molecule has 0 radical (unpaired) electrons. The summed E-state index contributed by atoms with van der Waals surface area (Å²) >= 11 is 6.07. The lowest BCUT2D eigenvalue weighted by Crippen LogP contribution is -2.00. The molecule has 82 valence electrons. The number of carbonyl (C=O) groups excluding carboxylic acids is 1. The second kappa shape index (κ2) is 4.94. The third-order valence-corrected chi connectivity index (χ3v) is 2.68. The maximum absolute atomic E-state index is 10.1. The number of pyridine rings is 1. The van der Waals surface area contributed by atoms with Crippen LogP contribution in [-0.4, -0.2) is 18.1 Å². The minimum atomic E-state index is -0.336. The van der Waals surface area contributed by atoms with Gasteiger partial charge in [0.25, 0.3) is 6.47 Å². The first-order valence-corrected chi connectivity index (χ1v) is 5.29. The minimum absolute atomic E-state index is 0.170. The van der Waals surface area contributed by atoms with Crippen LogP contribution >= 0.6 is 11.6 Å². The molecule has 0 fully saturated rings. The van der Waals surface area contributed by atoms with Gasteiger partial charge in [-0.25, -0.2) is 0 Å². The molecule has 0 bridgehead atoms. The van der Waals surface area contributed by atoms with Gasteiger partial charge in [0.2, 0.25) is 0 Å². The van der Waals surface area contributed by atoms with Gasteiger partial charge in [-0.1, -0.05) is 18.2 Å². The summed E-state index contributed by atoms with van der Waals surface area (Å²) < 4.78 is 4.63. The molecule has 1 aromatic heterocycles. The first-order chi connectivity index (χ1) is 7.81. The summed E-state index contributed by atoms with van der Waals surface area (Å²) in [6, 6.07) is 9.64. The molecule has 16 heavy (non-hydrogen) atoms. The Morgan fingerprint density at radius 1 is 1.44 bits per heavy atom. The largest absolute Gasteiger partial charge is 0.466 e. The molecular weight excluding hydrogens is 226 g/mol. The Balaban J connectivity index is 2.28. The molecule has 3 nitrogen and oxygen atoms in total. The van der Waals surface area contributed by atoms with Crippen LogP contribution in [0.15, 0.2) is 36.5 Å². The van der Waals surface area contributed by atoms with Crippen molar-refractivity contribution in [3.63, 3.8) is 0 Å². The van der Waals surface area contributed by atoms with Gasteiger partial charge >= 0.3 is 0 Å². The lowest BCUT2D eigenvalue weighted by molar-refractivity contribution is -0.128. The first kappa shape index (κ1) is 10.9. The van der Waals surface area contributed by atoms with E-state index < -0.39 is 0 Å². The number of hydrogen-bond acceptors (Lipinski definition) is 3. The van der Waals surface area contributed by atoms with Gasteiger partial charge in [0.1, 0.15) is 6.61 Å². The van der Waals surface area contributed by atoms with E-state index in [2.05, 4.69) is 9.72 Å². The molecule has 0 saturated carbocycles. The molecule has 0 N–H and O–H groups in total. The molecule has 0 aliphatic carbocycles. The number of hydrogen-bond donors (Lipinski definition) is 0. The minimum Gasteiger partial charge on any atom is -0.466 e. The van der Waals surface area contributed by atoms with Crippen molar-refractivity contribution in [3.8, 4) is 0 Å². The number of benzene rings is 1. The van der Waals surface area contributed by atoms with E-state index in [4.69, 9.17) is 11.6 Å². The number of aromatic nitrogens is 1. The second-order valence-corrected chi connectivity index (χ2v) is 3.88. The third-order valence-electron chi connectivity index (χ3n) is 2.30. The fraction of sp³-hybridized carbons (Fsp3) is 0.167. The number of nitrogens with zero attached hydrogens (tertiary/aromatic N) is 1. The van der Waals surface area contributed by atoms with E-state index in [1.165, 1.54) is 0 Å². The first-order valence-electron chi connectivity index (χ1n) is 4.85. The van der Waals surface area contributed by atoms with E-state index in [0.717, 1.165) is 16.5 Å². The van der Waals surface area contributed by atoms with E-state index in [9.17, 15) is 4.79 Å². The van der Waals surface area contributed by atoms with Gasteiger partial charge in [0.15, 0.2) is 0 Å². The van der Waals surface area contributed by atoms with Crippen molar-refractivity contribution in [3.05, 3.63) is 42.1 Å². The topological polar surface area (TPSA) is 39.2 Å². The number of ether oxygens (including phenoxy) is 1. The van der Waals surface area contributed by atoms with Crippen molar-refractivity contribution >= 4 is 29.0 Å². The number of rotatable bonds is 4. The van der Waals surface area contributed by atoms with Gasteiger partial charge in [0.05, 0.1) is 10.9 Å². The fourth-order valence-electron chi connectivity index (χ4n) is 1.50. The van der Waals surface area contributed by atoms with Crippen LogP contribution in [-0.2, 0) is 9.53 Å². The van der Waals surface area contributed by atoms with E-state index in [0.29, 0.717) is 6.47 Å². The van der Waals surface area contributed by atoms with Crippen molar-refractivity contribution in [2.24, 2.45) is 0 Å². The maximum atomic E-state index is 10.1. The van der Waals surface area contributed by atoms with E-state index in [-0.39, 0.29) is 12.0 Å². The van der Waals surface area contributed by atoms with Crippen LogP contribution in [0.5, 0.6) is 0 Å². The molecule has 0 spiro atoms. The van der Waals surface area contributed by atoms with Crippen LogP contribution in [0.1, 0.15) is 10.9 Å². The molecule has 2 aromatic rings. The summed E-state index contributed by atoms with van der Waals surface area (Å²) in [7, 11) is 0. The Hall–Kier alpha value is -1.61. The Morgan fingerprint density at radius 2 is 2.31 bits per heavy atom. The van der Waals surface area contributed by atoms with Gasteiger partial charge in [-0.05, 0) is 17.7 Å². The molecule has 0 amide bonds. The zero-order valence-corrected chi connectivity index (χ0v) is 9.22. The Kier molecular flexibility index (Phi) is 3.37.